The summed E-state index contributed by atoms with van der Waals surface area (Å²) in [6.07, 6.45) is 1.19. The number of carbonyl (C=O) groups excluding carboxylic acids is 2. The third kappa shape index (κ3) is 4.44. The van der Waals surface area contributed by atoms with Crippen LogP contribution in [0.4, 0.5) is 17.2 Å². The number of nitro benzene ring substituents is 2. The molecule has 13 nitrogen and oxygen atoms in total. The number of amides is 1. The first-order valence-electron chi connectivity index (χ1n) is 10.6. The smallest absolute Gasteiger partial charge is 0.343 e. The SMILES string of the molecule is CCOC(=O)c1cnn(-c2ccc3ccccc3n2)c1NC(=O)c1cc([N+](=O)[O-])cc([N+](=O)[O-])c1C. The zero-order chi connectivity index (χ0) is 26.0. The Bertz CT molecular complexity index is 1550. The van der Waals surface area contributed by atoms with E-state index in [9.17, 15) is 29.8 Å². The summed E-state index contributed by atoms with van der Waals surface area (Å²) < 4.78 is 6.26. The first kappa shape index (κ1) is 23.9. The minimum Gasteiger partial charge on any atom is -0.462 e. The number of rotatable bonds is 7. The Labute approximate surface area is 202 Å². The molecule has 0 aliphatic carbocycles. The van der Waals surface area contributed by atoms with Crippen LogP contribution in [-0.4, -0.2) is 43.1 Å². The van der Waals surface area contributed by atoms with E-state index in [2.05, 4.69) is 15.4 Å². The second kappa shape index (κ2) is 9.58. The summed E-state index contributed by atoms with van der Waals surface area (Å²) in [6, 6.07) is 12.4. The summed E-state index contributed by atoms with van der Waals surface area (Å²) in [7, 11) is 0. The largest absolute Gasteiger partial charge is 0.462 e. The van der Waals surface area contributed by atoms with Crippen LogP contribution in [0.25, 0.3) is 16.7 Å². The highest BCUT2D eigenvalue weighted by molar-refractivity contribution is 6.09. The van der Waals surface area contributed by atoms with Gasteiger partial charge in [-0.15, -0.1) is 0 Å². The molecule has 0 spiro atoms. The fourth-order valence-corrected chi connectivity index (χ4v) is 3.56. The molecule has 0 bridgehead atoms. The number of nitro groups is 2. The van der Waals surface area contributed by atoms with Gasteiger partial charge in [0.1, 0.15) is 5.56 Å². The van der Waals surface area contributed by atoms with Crippen molar-refractivity contribution in [2.24, 2.45) is 0 Å². The molecule has 0 atom stereocenters. The van der Waals surface area contributed by atoms with Gasteiger partial charge < -0.3 is 10.1 Å². The molecular weight excluding hydrogens is 472 g/mol. The van der Waals surface area contributed by atoms with E-state index < -0.39 is 33.1 Å². The Morgan fingerprint density at radius 2 is 1.81 bits per heavy atom. The molecule has 2 aromatic heterocycles. The average molecular weight is 490 g/mol. The third-order valence-electron chi connectivity index (χ3n) is 5.31. The van der Waals surface area contributed by atoms with E-state index >= 15 is 0 Å². The second-order valence-electron chi connectivity index (χ2n) is 7.51. The Hall–Kier alpha value is -5.20. The van der Waals surface area contributed by atoms with E-state index in [0.717, 1.165) is 17.5 Å². The van der Waals surface area contributed by atoms with Gasteiger partial charge in [0.25, 0.3) is 17.3 Å². The number of aromatic nitrogens is 3. The highest BCUT2D eigenvalue weighted by Crippen LogP contribution is 2.30. The molecule has 4 aromatic rings. The van der Waals surface area contributed by atoms with Gasteiger partial charge in [0, 0.05) is 17.0 Å². The lowest BCUT2D eigenvalue weighted by Crippen LogP contribution is -2.20. The van der Waals surface area contributed by atoms with Gasteiger partial charge in [-0.2, -0.15) is 9.78 Å². The monoisotopic (exact) mass is 490 g/mol. The van der Waals surface area contributed by atoms with Crippen molar-refractivity contribution >= 4 is 40.0 Å². The Morgan fingerprint density at radius 1 is 1.06 bits per heavy atom. The van der Waals surface area contributed by atoms with Crippen LogP contribution in [0.3, 0.4) is 0 Å². The molecule has 0 saturated heterocycles. The van der Waals surface area contributed by atoms with Gasteiger partial charge in [0.15, 0.2) is 11.6 Å². The lowest BCUT2D eigenvalue weighted by atomic mass is 10.0. The van der Waals surface area contributed by atoms with E-state index in [-0.39, 0.29) is 34.9 Å². The van der Waals surface area contributed by atoms with Gasteiger partial charge in [-0.1, -0.05) is 18.2 Å². The number of non-ortho nitro benzene ring substituents is 1. The van der Waals surface area contributed by atoms with Crippen molar-refractivity contribution in [2.45, 2.75) is 13.8 Å². The zero-order valence-electron chi connectivity index (χ0n) is 19.0. The Morgan fingerprint density at radius 3 is 2.50 bits per heavy atom. The van der Waals surface area contributed by atoms with Crippen molar-refractivity contribution in [1.29, 1.82) is 0 Å². The van der Waals surface area contributed by atoms with Crippen LogP contribution in [0.2, 0.25) is 0 Å². The minimum atomic E-state index is -0.924. The van der Waals surface area contributed by atoms with Crippen LogP contribution in [0.15, 0.2) is 54.7 Å². The Kier molecular flexibility index (Phi) is 6.37. The molecule has 1 N–H and O–H groups in total. The van der Waals surface area contributed by atoms with Gasteiger partial charge in [0.2, 0.25) is 0 Å². The third-order valence-corrected chi connectivity index (χ3v) is 5.31. The molecule has 36 heavy (non-hydrogen) atoms. The highest BCUT2D eigenvalue weighted by Gasteiger charge is 2.28. The minimum absolute atomic E-state index is 0.0573. The number of esters is 1. The molecule has 0 fully saturated rings. The number of para-hydroxylation sites is 1. The fraction of sp³-hybridized carbons (Fsp3) is 0.130. The van der Waals surface area contributed by atoms with E-state index in [1.165, 1.54) is 17.8 Å². The number of carbonyl (C=O) groups is 2. The predicted molar refractivity (Wildman–Crippen MR) is 127 cm³/mol. The van der Waals surface area contributed by atoms with E-state index in [0.29, 0.717) is 5.52 Å². The Balaban J connectivity index is 1.83. The number of nitrogens with zero attached hydrogens (tertiary/aromatic N) is 5. The van der Waals surface area contributed by atoms with E-state index in [1.54, 1.807) is 31.2 Å². The normalized spacial score (nSPS) is 10.7. The van der Waals surface area contributed by atoms with Crippen LogP contribution in [0.5, 0.6) is 0 Å². The molecule has 4 rings (SSSR count). The zero-order valence-corrected chi connectivity index (χ0v) is 19.0. The lowest BCUT2D eigenvalue weighted by Gasteiger charge is -2.12. The van der Waals surface area contributed by atoms with Gasteiger partial charge in [-0.25, -0.2) is 9.78 Å². The summed E-state index contributed by atoms with van der Waals surface area (Å²) in [5.41, 5.74) is -1.10. The topological polar surface area (TPSA) is 172 Å². The van der Waals surface area contributed by atoms with E-state index in [1.807, 2.05) is 12.1 Å². The highest BCUT2D eigenvalue weighted by atomic mass is 16.6. The summed E-state index contributed by atoms with van der Waals surface area (Å²) in [4.78, 5) is 51.4. The maximum atomic E-state index is 13.2. The molecular formula is C23H18N6O7. The van der Waals surface area contributed by atoms with Crippen molar-refractivity contribution in [3.63, 3.8) is 0 Å². The number of anilines is 1. The first-order valence-corrected chi connectivity index (χ1v) is 10.6. The maximum Gasteiger partial charge on any atom is 0.343 e. The molecule has 2 aromatic carbocycles. The summed E-state index contributed by atoms with van der Waals surface area (Å²) in [5, 5.41) is 30.3. The summed E-state index contributed by atoms with van der Waals surface area (Å²) in [5.74, 6) is -1.55. The van der Waals surface area contributed by atoms with Gasteiger partial charge in [-0.3, -0.25) is 25.0 Å². The van der Waals surface area contributed by atoms with Gasteiger partial charge >= 0.3 is 5.97 Å². The average Bonchev–Trinajstić information content (AvgIpc) is 3.27. The van der Waals surface area contributed by atoms with E-state index in [4.69, 9.17) is 4.74 Å². The molecule has 1 amide bonds. The summed E-state index contributed by atoms with van der Waals surface area (Å²) >= 11 is 0. The summed E-state index contributed by atoms with van der Waals surface area (Å²) in [6.45, 7) is 2.96. The molecule has 2 heterocycles. The molecule has 0 aliphatic heterocycles. The number of nitrogens with one attached hydrogen (secondary N) is 1. The predicted octanol–water partition coefficient (Wildman–Crippen LogP) is 3.97. The number of hydrogen-bond donors (Lipinski definition) is 1. The lowest BCUT2D eigenvalue weighted by molar-refractivity contribution is -0.394. The number of benzene rings is 2. The number of pyridine rings is 1. The van der Waals surface area contributed by atoms with Crippen molar-refractivity contribution in [1.82, 2.24) is 14.8 Å². The second-order valence-corrected chi connectivity index (χ2v) is 7.51. The molecule has 0 saturated carbocycles. The maximum absolute atomic E-state index is 13.2. The van der Waals surface area contributed by atoms with Crippen LogP contribution in [-0.2, 0) is 4.74 Å². The molecule has 0 unspecified atom stereocenters. The van der Waals surface area contributed by atoms with Crippen molar-refractivity contribution in [2.75, 3.05) is 11.9 Å². The van der Waals surface area contributed by atoms with Gasteiger partial charge in [-0.05, 0) is 32.0 Å². The van der Waals surface area contributed by atoms with Crippen LogP contribution in [0, 0.1) is 27.2 Å². The number of ether oxygens (including phenoxy) is 1. The first-order chi connectivity index (χ1) is 17.2. The molecule has 0 radical (unpaired) electrons. The molecule has 13 heteroatoms. The molecule has 0 aliphatic rings. The van der Waals surface area contributed by atoms with Crippen LogP contribution >= 0.6 is 0 Å². The number of hydrogen-bond acceptors (Lipinski definition) is 9. The van der Waals surface area contributed by atoms with Crippen LogP contribution < -0.4 is 5.32 Å². The number of fused-ring (bicyclic) bond motifs is 1. The molecule has 182 valence electrons. The quantitative estimate of drug-likeness (QED) is 0.228. The van der Waals surface area contributed by atoms with Crippen molar-refractivity contribution < 1.29 is 24.2 Å². The van der Waals surface area contributed by atoms with Gasteiger partial charge in [0.05, 0.1) is 39.8 Å². The van der Waals surface area contributed by atoms with Crippen LogP contribution in [0.1, 0.15) is 33.2 Å². The standard InChI is InChI=1S/C23H18N6O7/c1-3-36-23(31)17-12-24-27(20-9-8-14-6-4-5-7-18(14)25-20)21(17)26-22(30)16-10-15(28(32)33)11-19(13(16)2)29(34)35/h4-12H,3H2,1-2H3,(H,26,30). The fourth-order valence-electron chi connectivity index (χ4n) is 3.56. The van der Waals surface area contributed by atoms with Crippen molar-refractivity contribution in [3.05, 3.63) is 91.6 Å². The van der Waals surface area contributed by atoms with Crippen molar-refractivity contribution in [3.8, 4) is 5.82 Å².